The summed E-state index contributed by atoms with van der Waals surface area (Å²) in [6.45, 7) is 8.09. The van der Waals surface area contributed by atoms with Crippen LogP contribution < -0.4 is 0 Å². The van der Waals surface area contributed by atoms with Crippen LogP contribution in [0.25, 0.3) is 0 Å². The van der Waals surface area contributed by atoms with Gasteiger partial charge < -0.3 is 5.11 Å². The van der Waals surface area contributed by atoms with Crippen molar-refractivity contribution in [1.82, 2.24) is 4.90 Å². The van der Waals surface area contributed by atoms with Gasteiger partial charge in [-0.3, -0.25) is 4.90 Å². The summed E-state index contributed by atoms with van der Waals surface area (Å²) in [5.74, 6) is 0.529. The second-order valence-corrected chi connectivity index (χ2v) is 7.36. The molecule has 19 heavy (non-hydrogen) atoms. The summed E-state index contributed by atoms with van der Waals surface area (Å²) in [5, 5.41) is 9.79. The lowest BCUT2D eigenvalue weighted by Crippen LogP contribution is -2.34. The van der Waals surface area contributed by atoms with Gasteiger partial charge in [-0.1, -0.05) is 26.0 Å². The fourth-order valence-corrected chi connectivity index (χ4v) is 3.37. The van der Waals surface area contributed by atoms with Gasteiger partial charge in [0.15, 0.2) is 0 Å². The van der Waals surface area contributed by atoms with E-state index < -0.39 is 0 Å². The highest BCUT2D eigenvalue weighted by Crippen LogP contribution is 2.24. The Labute approximate surface area is 121 Å². The van der Waals surface area contributed by atoms with Crippen molar-refractivity contribution in [2.45, 2.75) is 43.4 Å². The molecule has 3 heteroatoms. The minimum Gasteiger partial charge on any atom is -0.396 e. The van der Waals surface area contributed by atoms with Gasteiger partial charge in [-0.15, -0.1) is 11.8 Å². The first kappa shape index (κ1) is 14.9. The molecule has 2 rings (SSSR count). The van der Waals surface area contributed by atoms with Crippen LogP contribution in [0.3, 0.4) is 0 Å². The Hall–Kier alpha value is -0.510. The van der Waals surface area contributed by atoms with Gasteiger partial charge in [-0.25, -0.2) is 0 Å². The highest BCUT2D eigenvalue weighted by atomic mass is 32.2. The summed E-state index contributed by atoms with van der Waals surface area (Å²) in [4.78, 5) is 3.86. The summed E-state index contributed by atoms with van der Waals surface area (Å²) in [6, 6.07) is 8.98. The van der Waals surface area contributed by atoms with Crippen LogP contribution >= 0.6 is 11.8 Å². The van der Waals surface area contributed by atoms with E-state index in [0.29, 0.717) is 17.8 Å². The smallest absolute Gasteiger partial charge is 0.0460 e. The van der Waals surface area contributed by atoms with Crippen molar-refractivity contribution in [1.29, 1.82) is 0 Å². The molecule has 0 aromatic heterocycles. The standard InChI is InChI=1S/C16H25NOS/c1-13(2)19-16-5-3-14(4-6-16)11-17-9-7-15(12-18)8-10-17/h3-6,13,15,18H,7-12H2,1-2H3. The van der Waals surface area contributed by atoms with Crippen LogP contribution in [0.15, 0.2) is 29.2 Å². The van der Waals surface area contributed by atoms with Gasteiger partial charge in [0.25, 0.3) is 0 Å². The molecule has 2 nitrogen and oxygen atoms in total. The number of aliphatic hydroxyl groups excluding tert-OH is 1. The van der Waals surface area contributed by atoms with E-state index in [1.807, 2.05) is 11.8 Å². The van der Waals surface area contributed by atoms with Gasteiger partial charge in [0.2, 0.25) is 0 Å². The van der Waals surface area contributed by atoms with Gasteiger partial charge in [-0.2, -0.15) is 0 Å². The van der Waals surface area contributed by atoms with E-state index in [2.05, 4.69) is 43.0 Å². The lowest BCUT2D eigenvalue weighted by molar-refractivity contribution is 0.127. The van der Waals surface area contributed by atoms with Crippen molar-refractivity contribution >= 4 is 11.8 Å². The molecule has 1 saturated heterocycles. The SMILES string of the molecule is CC(C)Sc1ccc(CN2CCC(CO)CC2)cc1. The van der Waals surface area contributed by atoms with Crippen molar-refractivity contribution in [3.63, 3.8) is 0 Å². The molecule has 0 saturated carbocycles. The summed E-state index contributed by atoms with van der Waals surface area (Å²) in [6.07, 6.45) is 2.27. The van der Waals surface area contributed by atoms with Gasteiger partial charge in [-0.05, 0) is 49.5 Å². The van der Waals surface area contributed by atoms with Gasteiger partial charge in [0, 0.05) is 23.3 Å². The molecule has 0 amide bonds. The zero-order valence-corrected chi connectivity index (χ0v) is 12.8. The lowest BCUT2D eigenvalue weighted by Gasteiger charge is -2.31. The Bertz CT molecular complexity index is 369. The predicted octanol–water partition coefficient (Wildman–Crippen LogP) is 3.39. The molecule has 1 aromatic carbocycles. The van der Waals surface area contributed by atoms with E-state index in [0.717, 1.165) is 32.5 Å². The van der Waals surface area contributed by atoms with E-state index in [-0.39, 0.29) is 0 Å². The second kappa shape index (κ2) is 7.32. The molecule has 0 unspecified atom stereocenters. The van der Waals surface area contributed by atoms with E-state index in [1.165, 1.54) is 10.5 Å². The number of hydrogen-bond donors (Lipinski definition) is 1. The van der Waals surface area contributed by atoms with Crippen LogP contribution in [-0.4, -0.2) is 35.0 Å². The Morgan fingerprint density at radius 3 is 2.37 bits per heavy atom. The molecule has 1 aliphatic rings. The molecule has 0 aliphatic carbocycles. The number of piperidine rings is 1. The quantitative estimate of drug-likeness (QED) is 0.836. The monoisotopic (exact) mass is 279 g/mol. The first-order chi connectivity index (χ1) is 9.17. The lowest BCUT2D eigenvalue weighted by atomic mass is 9.97. The molecule has 106 valence electrons. The van der Waals surface area contributed by atoms with E-state index in [1.54, 1.807) is 0 Å². The van der Waals surface area contributed by atoms with Crippen molar-refractivity contribution in [2.24, 2.45) is 5.92 Å². The van der Waals surface area contributed by atoms with Crippen LogP contribution in [0.2, 0.25) is 0 Å². The Balaban J connectivity index is 1.83. The number of nitrogens with zero attached hydrogens (tertiary/aromatic N) is 1. The number of hydrogen-bond acceptors (Lipinski definition) is 3. The number of thioether (sulfide) groups is 1. The van der Waals surface area contributed by atoms with E-state index in [9.17, 15) is 0 Å². The van der Waals surface area contributed by atoms with E-state index in [4.69, 9.17) is 5.11 Å². The molecule has 0 atom stereocenters. The third kappa shape index (κ3) is 4.83. The number of benzene rings is 1. The number of rotatable bonds is 5. The van der Waals surface area contributed by atoms with Crippen LogP contribution in [0.1, 0.15) is 32.3 Å². The molecular weight excluding hydrogens is 254 g/mol. The minimum atomic E-state index is 0.356. The fraction of sp³-hybridized carbons (Fsp3) is 0.625. The van der Waals surface area contributed by atoms with Crippen LogP contribution in [0.5, 0.6) is 0 Å². The molecule has 0 radical (unpaired) electrons. The number of likely N-dealkylation sites (tertiary alicyclic amines) is 1. The Morgan fingerprint density at radius 2 is 1.84 bits per heavy atom. The molecule has 0 bridgehead atoms. The first-order valence-electron chi connectivity index (χ1n) is 7.26. The van der Waals surface area contributed by atoms with E-state index >= 15 is 0 Å². The topological polar surface area (TPSA) is 23.5 Å². The number of aliphatic hydroxyl groups is 1. The maximum atomic E-state index is 9.15. The third-order valence-electron chi connectivity index (χ3n) is 3.67. The van der Waals surface area contributed by atoms with Crippen molar-refractivity contribution in [3.05, 3.63) is 29.8 Å². The predicted molar refractivity (Wildman–Crippen MR) is 82.5 cm³/mol. The summed E-state index contributed by atoms with van der Waals surface area (Å²) >= 11 is 1.92. The molecule has 1 aromatic rings. The Kier molecular flexibility index (Phi) is 5.74. The van der Waals surface area contributed by atoms with Crippen LogP contribution in [0, 0.1) is 5.92 Å². The van der Waals surface area contributed by atoms with Crippen molar-refractivity contribution < 1.29 is 5.11 Å². The molecular formula is C16H25NOS. The summed E-state index contributed by atoms with van der Waals surface area (Å²) < 4.78 is 0. The zero-order valence-electron chi connectivity index (χ0n) is 12.0. The third-order valence-corrected chi connectivity index (χ3v) is 4.68. The molecule has 1 heterocycles. The molecule has 1 aliphatic heterocycles. The van der Waals surface area contributed by atoms with Gasteiger partial charge >= 0.3 is 0 Å². The second-order valence-electron chi connectivity index (χ2n) is 5.71. The van der Waals surface area contributed by atoms with Gasteiger partial charge in [0.05, 0.1) is 0 Å². The molecule has 1 N–H and O–H groups in total. The highest BCUT2D eigenvalue weighted by molar-refractivity contribution is 7.99. The summed E-state index contributed by atoms with van der Waals surface area (Å²) in [7, 11) is 0. The minimum absolute atomic E-state index is 0.356. The average molecular weight is 279 g/mol. The average Bonchev–Trinajstić information content (AvgIpc) is 2.41. The van der Waals surface area contributed by atoms with Gasteiger partial charge in [0.1, 0.15) is 0 Å². The maximum absolute atomic E-state index is 9.15. The van der Waals surface area contributed by atoms with Crippen molar-refractivity contribution in [2.75, 3.05) is 19.7 Å². The van der Waals surface area contributed by atoms with Crippen LogP contribution in [0.4, 0.5) is 0 Å². The first-order valence-corrected chi connectivity index (χ1v) is 8.14. The fourth-order valence-electron chi connectivity index (χ4n) is 2.53. The molecule has 0 spiro atoms. The Morgan fingerprint density at radius 1 is 1.21 bits per heavy atom. The highest BCUT2D eigenvalue weighted by Gasteiger charge is 2.18. The molecule has 1 fully saturated rings. The zero-order chi connectivity index (χ0) is 13.7. The normalized spacial score (nSPS) is 18.1. The van der Waals surface area contributed by atoms with Crippen molar-refractivity contribution in [3.8, 4) is 0 Å². The van der Waals surface area contributed by atoms with Crippen LogP contribution in [-0.2, 0) is 6.54 Å². The largest absolute Gasteiger partial charge is 0.396 e. The summed E-state index contributed by atoms with van der Waals surface area (Å²) in [5.41, 5.74) is 1.40. The maximum Gasteiger partial charge on any atom is 0.0460 e.